The quantitative estimate of drug-likeness (QED) is 0.505. The molecule has 0 unspecified atom stereocenters. The summed E-state index contributed by atoms with van der Waals surface area (Å²) in [6.45, 7) is 2.01. The predicted octanol–water partition coefficient (Wildman–Crippen LogP) is 6.07. The molecule has 0 atom stereocenters. The zero-order chi connectivity index (χ0) is 10.9. The minimum atomic E-state index is -1.26. The summed E-state index contributed by atoms with van der Waals surface area (Å²) in [6.07, 6.45) is 0.374. The van der Waals surface area contributed by atoms with Crippen LogP contribution in [0.5, 0.6) is 0 Å². The lowest BCUT2D eigenvalue weighted by molar-refractivity contribution is 1.00. The van der Waals surface area contributed by atoms with Crippen molar-refractivity contribution in [2.75, 3.05) is 0 Å². The Morgan fingerprint density at radius 3 is 1.87 bits per heavy atom. The molecule has 0 bridgehead atoms. The normalized spacial score (nSPS) is 11.1. The van der Waals surface area contributed by atoms with Gasteiger partial charge in [-0.2, -0.15) is 0 Å². The van der Waals surface area contributed by atoms with Crippen LogP contribution in [0.4, 0.5) is 0 Å². The summed E-state index contributed by atoms with van der Waals surface area (Å²) in [6, 6.07) is 3.99. The predicted molar refractivity (Wildman–Crippen MR) is 77.3 cm³/mol. The summed E-state index contributed by atoms with van der Waals surface area (Å²) in [7, 11) is 0. The molecule has 0 amide bonds. The molecule has 1 aromatic carbocycles. The Bertz CT molecular complexity index is 322. The van der Waals surface area contributed by atoms with Crippen LogP contribution in [-0.4, -0.2) is 3.79 Å². The van der Waals surface area contributed by atoms with Gasteiger partial charge in [0.25, 0.3) is 0 Å². The molecule has 0 aliphatic heterocycles. The van der Waals surface area contributed by atoms with Crippen LogP contribution in [0.1, 0.15) is 18.6 Å². The van der Waals surface area contributed by atoms with Gasteiger partial charge in [-0.05, 0) is 30.2 Å². The van der Waals surface area contributed by atoms with E-state index in [1.165, 1.54) is 0 Å². The lowest BCUT2D eigenvalue weighted by atomic mass is 10.1. The molecule has 0 saturated heterocycles. The molecule has 5 heteroatoms. The number of alkyl halides is 3. The van der Waals surface area contributed by atoms with Crippen LogP contribution in [0, 0.1) is 6.92 Å². The monoisotopic (exact) mass is 394 g/mol. The number of hydrogen-bond donors (Lipinski definition) is 0. The fourth-order valence-corrected chi connectivity index (χ4v) is 3.20. The van der Waals surface area contributed by atoms with Crippen LogP contribution in [0.25, 0.3) is 0 Å². The Balaban J connectivity index is 0.00000196. The largest absolute Gasteiger partial charge is 0.194 e. The third-order valence-corrected chi connectivity index (χ3v) is 3.48. The van der Waals surface area contributed by atoms with E-state index in [9.17, 15) is 0 Å². The minimum Gasteiger partial charge on any atom is -0.0833 e. The van der Waals surface area contributed by atoms with E-state index >= 15 is 0 Å². The van der Waals surface area contributed by atoms with Crippen LogP contribution in [0.3, 0.4) is 0 Å². The van der Waals surface area contributed by atoms with Crippen LogP contribution in [-0.2, 0) is 6.42 Å². The number of benzene rings is 1. The van der Waals surface area contributed by atoms with Crippen molar-refractivity contribution in [3.8, 4) is 0 Å². The van der Waals surface area contributed by atoms with Gasteiger partial charge in [0, 0.05) is 15.4 Å². The van der Waals surface area contributed by atoms with E-state index in [0.717, 1.165) is 20.1 Å². The highest BCUT2D eigenvalue weighted by Gasteiger charge is 2.23. The van der Waals surface area contributed by atoms with E-state index < -0.39 is 3.79 Å². The van der Waals surface area contributed by atoms with Gasteiger partial charge in [0.05, 0.1) is 0 Å². The molecule has 1 rings (SSSR count). The molecule has 0 aliphatic carbocycles. The number of aryl methyl sites for hydroxylation is 1. The second kappa shape index (κ2) is 6.11. The van der Waals surface area contributed by atoms with Gasteiger partial charge in [-0.3, -0.25) is 0 Å². The van der Waals surface area contributed by atoms with Gasteiger partial charge in [0.2, 0.25) is 0 Å². The van der Waals surface area contributed by atoms with Crippen molar-refractivity contribution in [1.29, 1.82) is 0 Å². The van der Waals surface area contributed by atoms with Gasteiger partial charge in [-0.15, -0.1) is 0 Å². The van der Waals surface area contributed by atoms with E-state index in [1.807, 2.05) is 19.1 Å². The van der Waals surface area contributed by atoms with Gasteiger partial charge in [-0.1, -0.05) is 74.1 Å². The Hall–Kier alpha value is 1.05. The smallest absolute Gasteiger partial charge is 0.0833 e. The summed E-state index contributed by atoms with van der Waals surface area (Å²) < 4.78 is 0.645. The topological polar surface area (TPSA) is 0 Å². The first-order valence-electron chi connectivity index (χ1n) is 3.81. The molecule has 0 heterocycles. The van der Waals surface area contributed by atoms with Crippen LogP contribution >= 0.6 is 66.7 Å². The fourth-order valence-electron chi connectivity index (χ4n) is 1.10. The molecular formula is C10H11Br2Cl3. The molecule has 15 heavy (non-hydrogen) atoms. The first-order chi connectivity index (χ1) is 6.29. The fraction of sp³-hybridized carbons (Fsp3) is 0.400. The van der Waals surface area contributed by atoms with Crippen molar-refractivity contribution in [2.24, 2.45) is 0 Å². The average Bonchev–Trinajstić information content (AvgIpc) is 1.95. The minimum absolute atomic E-state index is 0. The lowest BCUT2D eigenvalue weighted by Crippen LogP contribution is -2.08. The maximum Gasteiger partial charge on any atom is 0.194 e. The first kappa shape index (κ1) is 16.1. The third-order valence-electron chi connectivity index (χ3n) is 1.66. The van der Waals surface area contributed by atoms with E-state index in [0.29, 0.717) is 6.42 Å². The van der Waals surface area contributed by atoms with E-state index in [1.54, 1.807) is 0 Å². The lowest BCUT2D eigenvalue weighted by Gasteiger charge is -2.14. The van der Waals surface area contributed by atoms with Crippen molar-refractivity contribution < 1.29 is 0 Å². The van der Waals surface area contributed by atoms with Crippen LogP contribution in [0.2, 0.25) is 0 Å². The summed E-state index contributed by atoms with van der Waals surface area (Å²) in [5.74, 6) is 0. The van der Waals surface area contributed by atoms with E-state index in [-0.39, 0.29) is 7.43 Å². The van der Waals surface area contributed by atoms with Crippen molar-refractivity contribution >= 4 is 66.7 Å². The molecule has 86 valence electrons. The van der Waals surface area contributed by atoms with E-state index in [4.69, 9.17) is 34.8 Å². The molecule has 0 nitrogen and oxygen atoms in total. The number of hydrogen-bond acceptors (Lipinski definition) is 0. The van der Waals surface area contributed by atoms with Gasteiger partial charge < -0.3 is 0 Å². The van der Waals surface area contributed by atoms with Crippen molar-refractivity contribution in [2.45, 2.75) is 24.6 Å². The highest BCUT2D eigenvalue weighted by atomic mass is 79.9. The van der Waals surface area contributed by atoms with E-state index in [2.05, 4.69) is 31.9 Å². The summed E-state index contributed by atoms with van der Waals surface area (Å²) in [5, 5.41) is 0. The van der Waals surface area contributed by atoms with Gasteiger partial charge in [-0.25, -0.2) is 0 Å². The molecule has 0 radical (unpaired) electrons. The third kappa shape index (κ3) is 5.27. The van der Waals surface area contributed by atoms with Gasteiger partial charge >= 0.3 is 0 Å². The highest BCUT2D eigenvalue weighted by Crippen LogP contribution is 2.36. The van der Waals surface area contributed by atoms with Crippen molar-refractivity contribution in [3.05, 3.63) is 32.2 Å². The maximum absolute atomic E-state index is 5.74. The molecule has 1 aromatic rings. The zero-order valence-electron chi connectivity index (χ0n) is 7.25. The molecule has 0 saturated carbocycles. The Morgan fingerprint density at radius 2 is 1.53 bits per heavy atom. The second-order valence-corrected chi connectivity index (χ2v) is 7.22. The summed E-state index contributed by atoms with van der Waals surface area (Å²) in [5.41, 5.74) is 2.12. The maximum atomic E-state index is 5.74. The molecule has 0 spiro atoms. The van der Waals surface area contributed by atoms with Crippen LogP contribution < -0.4 is 0 Å². The Morgan fingerprint density at radius 1 is 1.13 bits per heavy atom. The standard InChI is InChI=1S/C9H7Br2Cl3.CH4/c1-5-2-7(10)6(8(11)3-5)4-9(12,13)14;/h2-3H,4H2,1H3;1H4. The summed E-state index contributed by atoms with van der Waals surface area (Å²) >= 11 is 24.1. The zero-order valence-corrected chi connectivity index (χ0v) is 12.7. The van der Waals surface area contributed by atoms with Crippen molar-refractivity contribution in [3.63, 3.8) is 0 Å². The number of halogens is 5. The molecular weight excluding hydrogens is 386 g/mol. The highest BCUT2D eigenvalue weighted by molar-refractivity contribution is 9.11. The average molecular weight is 397 g/mol. The van der Waals surface area contributed by atoms with Gasteiger partial charge in [0.1, 0.15) is 0 Å². The first-order valence-corrected chi connectivity index (χ1v) is 6.53. The van der Waals surface area contributed by atoms with Gasteiger partial charge in [0.15, 0.2) is 3.79 Å². The molecule has 0 N–H and O–H groups in total. The molecule has 0 aliphatic rings. The second-order valence-electron chi connectivity index (χ2n) is 3.00. The molecule has 0 fully saturated rings. The summed E-state index contributed by atoms with van der Waals surface area (Å²) in [4.78, 5) is 0. The molecule has 0 aromatic heterocycles. The van der Waals surface area contributed by atoms with Crippen LogP contribution in [0.15, 0.2) is 21.1 Å². The Labute approximate surface area is 123 Å². The Kier molecular flexibility index (Phi) is 6.54. The van der Waals surface area contributed by atoms with Crippen molar-refractivity contribution in [1.82, 2.24) is 0 Å². The number of rotatable bonds is 1. The SMILES string of the molecule is C.Cc1cc(Br)c(CC(Cl)(Cl)Cl)c(Br)c1.